The quantitative estimate of drug-likeness (QED) is 0.609. The Morgan fingerprint density at radius 2 is 1.94 bits per heavy atom. The molecule has 0 saturated carbocycles. The van der Waals surface area contributed by atoms with Gasteiger partial charge in [-0.3, -0.25) is 0 Å². The highest BCUT2D eigenvalue weighted by atomic mass is 32.2. The van der Waals surface area contributed by atoms with E-state index in [2.05, 4.69) is 4.72 Å². The van der Waals surface area contributed by atoms with Crippen LogP contribution in [-0.4, -0.2) is 33.7 Å². The van der Waals surface area contributed by atoms with Crippen LogP contribution in [0.1, 0.15) is 19.8 Å². The van der Waals surface area contributed by atoms with E-state index in [9.17, 15) is 21.6 Å². The van der Waals surface area contributed by atoms with Crippen LogP contribution in [0.25, 0.3) is 0 Å². The van der Waals surface area contributed by atoms with E-state index in [0.29, 0.717) is 12.8 Å². The number of hydrogen-bond donors (Lipinski definition) is 3. The van der Waals surface area contributed by atoms with Crippen molar-refractivity contribution >= 4 is 10.2 Å². The zero-order valence-electron chi connectivity index (χ0n) is 8.84. The van der Waals surface area contributed by atoms with Gasteiger partial charge in [-0.05, 0) is 6.42 Å². The van der Waals surface area contributed by atoms with Crippen LogP contribution < -0.4 is 15.2 Å². The lowest BCUT2D eigenvalue weighted by atomic mass is 10.2. The van der Waals surface area contributed by atoms with Crippen molar-refractivity contribution in [2.45, 2.75) is 32.0 Å². The second kappa shape index (κ2) is 6.38. The number of halogens is 3. The monoisotopic (exact) mass is 263 g/mol. The first-order valence-electron chi connectivity index (χ1n) is 4.74. The molecule has 0 rings (SSSR count). The third-order valence-electron chi connectivity index (χ3n) is 1.71. The molecule has 5 nitrogen and oxygen atoms in total. The fourth-order valence-corrected chi connectivity index (χ4v) is 2.10. The van der Waals surface area contributed by atoms with Gasteiger partial charge >= 0.3 is 6.18 Å². The standard InChI is InChI=1S/C7H16F3N3O2S/c1-2-3-6(4-11)13-16(14,15)12-5-7(8,9)10/h6,12-13H,2-5,11H2,1H3. The molecule has 16 heavy (non-hydrogen) atoms. The van der Waals surface area contributed by atoms with Crippen molar-refractivity contribution in [3.05, 3.63) is 0 Å². The number of rotatable bonds is 7. The fraction of sp³-hybridized carbons (Fsp3) is 1.00. The van der Waals surface area contributed by atoms with E-state index in [0.717, 1.165) is 0 Å². The molecular formula is C7H16F3N3O2S. The molecule has 0 fully saturated rings. The van der Waals surface area contributed by atoms with E-state index in [-0.39, 0.29) is 6.54 Å². The van der Waals surface area contributed by atoms with Crippen molar-refractivity contribution in [3.8, 4) is 0 Å². The Balaban J connectivity index is 4.23. The average Bonchev–Trinajstić information content (AvgIpc) is 2.13. The largest absolute Gasteiger partial charge is 0.402 e. The van der Waals surface area contributed by atoms with Crippen molar-refractivity contribution in [1.82, 2.24) is 9.44 Å². The molecule has 0 spiro atoms. The van der Waals surface area contributed by atoms with Crippen LogP contribution in [0.15, 0.2) is 0 Å². The van der Waals surface area contributed by atoms with Crippen LogP contribution in [0.3, 0.4) is 0 Å². The molecule has 0 aliphatic rings. The Morgan fingerprint density at radius 3 is 2.31 bits per heavy atom. The number of nitrogens with two attached hydrogens (primary N) is 1. The zero-order valence-corrected chi connectivity index (χ0v) is 9.66. The molecule has 0 amide bonds. The van der Waals surface area contributed by atoms with E-state index in [1.165, 1.54) is 4.72 Å². The van der Waals surface area contributed by atoms with Crippen molar-refractivity contribution in [3.63, 3.8) is 0 Å². The van der Waals surface area contributed by atoms with Gasteiger partial charge in [0.05, 0.1) is 0 Å². The molecule has 9 heteroatoms. The van der Waals surface area contributed by atoms with Gasteiger partial charge in [0.25, 0.3) is 10.2 Å². The summed E-state index contributed by atoms with van der Waals surface area (Å²) in [5.74, 6) is 0. The summed E-state index contributed by atoms with van der Waals surface area (Å²) in [5, 5.41) is 0. The molecule has 0 aliphatic heterocycles. The maximum absolute atomic E-state index is 11.8. The van der Waals surface area contributed by atoms with Gasteiger partial charge in [0.15, 0.2) is 0 Å². The summed E-state index contributed by atoms with van der Waals surface area (Å²) < 4.78 is 61.1. The van der Waals surface area contributed by atoms with E-state index >= 15 is 0 Å². The summed E-state index contributed by atoms with van der Waals surface area (Å²) in [5.41, 5.74) is 5.27. The minimum absolute atomic E-state index is 0.0424. The van der Waals surface area contributed by atoms with Crippen LogP contribution >= 0.6 is 0 Å². The lowest BCUT2D eigenvalue weighted by molar-refractivity contribution is -0.121. The fourth-order valence-electron chi connectivity index (χ4n) is 1.01. The van der Waals surface area contributed by atoms with Crippen molar-refractivity contribution in [1.29, 1.82) is 0 Å². The van der Waals surface area contributed by atoms with Crippen LogP contribution in [-0.2, 0) is 10.2 Å². The molecule has 0 aliphatic carbocycles. The predicted molar refractivity (Wildman–Crippen MR) is 53.9 cm³/mol. The van der Waals surface area contributed by atoms with Gasteiger partial charge < -0.3 is 5.73 Å². The molecule has 0 aromatic carbocycles. The van der Waals surface area contributed by atoms with E-state index in [1.54, 1.807) is 0 Å². The molecule has 0 bridgehead atoms. The molecular weight excluding hydrogens is 247 g/mol. The molecule has 0 radical (unpaired) electrons. The van der Waals surface area contributed by atoms with Gasteiger partial charge in [-0.25, -0.2) is 0 Å². The molecule has 0 heterocycles. The summed E-state index contributed by atoms with van der Waals surface area (Å²) in [7, 11) is -4.15. The Morgan fingerprint density at radius 1 is 1.38 bits per heavy atom. The Hall–Kier alpha value is -0.380. The Bertz CT molecular complexity index is 292. The van der Waals surface area contributed by atoms with Crippen LogP contribution in [0.2, 0.25) is 0 Å². The Labute approximate surface area is 92.8 Å². The molecule has 98 valence electrons. The minimum Gasteiger partial charge on any atom is -0.329 e. The molecule has 4 N–H and O–H groups in total. The molecule has 1 atom stereocenters. The summed E-state index contributed by atoms with van der Waals surface area (Å²) in [4.78, 5) is 0. The van der Waals surface area contributed by atoms with Crippen LogP contribution in [0, 0.1) is 0 Å². The zero-order chi connectivity index (χ0) is 12.8. The lowest BCUT2D eigenvalue weighted by Crippen LogP contribution is -2.48. The first-order chi connectivity index (χ1) is 7.20. The third-order valence-corrected chi connectivity index (χ3v) is 2.87. The van der Waals surface area contributed by atoms with Crippen molar-refractivity contribution in [2.24, 2.45) is 5.73 Å². The average molecular weight is 263 g/mol. The van der Waals surface area contributed by atoms with Crippen molar-refractivity contribution in [2.75, 3.05) is 13.1 Å². The summed E-state index contributed by atoms with van der Waals surface area (Å²) in [6.45, 7) is 0.270. The topological polar surface area (TPSA) is 84.2 Å². The van der Waals surface area contributed by atoms with E-state index in [1.807, 2.05) is 6.92 Å². The van der Waals surface area contributed by atoms with Gasteiger partial charge in [-0.2, -0.15) is 31.0 Å². The lowest BCUT2D eigenvalue weighted by Gasteiger charge is -2.17. The molecule has 0 aromatic heterocycles. The predicted octanol–water partition coefficient (Wildman–Crippen LogP) is 0.100. The first-order valence-corrected chi connectivity index (χ1v) is 6.22. The van der Waals surface area contributed by atoms with Crippen LogP contribution in [0.4, 0.5) is 13.2 Å². The summed E-state index contributed by atoms with van der Waals surface area (Å²) in [6.07, 6.45) is -3.41. The highest BCUT2D eigenvalue weighted by Crippen LogP contribution is 2.12. The normalized spacial score (nSPS) is 15.1. The first kappa shape index (κ1) is 15.6. The molecule has 0 aromatic rings. The molecule has 0 saturated heterocycles. The second-order valence-corrected chi connectivity index (χ2v) is 4.81. The summed E-state index contributed by atoms with van der Waals surface area (Å²) >= 11 is 0. The van der Waals surface area contributed by atoms with Gasteiger partial charge in [0.1, 0.15) is 6.54 Å². The van der Waals surface area contributed by atoms with E-state index < -0.39 is 29.0 Å². The number of nitrogens with one attached hydrogen (secondary N) is 2. The highest BCUT2D eigenvalue weighted by molar-refractivity contribution is 7.87. The maximum atomic E-state index is 11.8. The third kappa shape index (κ3) is 7.85. The van der Waals surface area contributed by atoms with Gasteiger partial charge in [0, 0.05) is 12.6 Å². The van der Waals surface area contributed by atoms with E-state index in [4.69, 9.17) is 5.73 Å². The van der Waals surface area contributed by atoms with Crippen LogP contribution in [0.5, 0.6) is 0 Å². The molecule has 1 unspecified atom stereocenters. The second-order valence-electron chi connectivity index (χ2n) is 3.28. The number of hydrogen-bond acceptors (Lipinski definition) is 3. The highest BCUT2D eigenvalue weighted by Gasteiger charge is 2.29. The Kier molecular flexibility index (Phi) is 6.23. The summed E-state index contributed by atoms with van der Waals surface area (Å²) in [6, 6.07) is -0.546. The van der Waals surface area contributed by atoms with Gasteiger partial charge in [-0.15, -0.1) is 0 Å². The van der Waals surface area contributed by atoms with Gasteiger partial charge in [-0.1, -0.05) is 13.3 Å². The van der Waals surface area contributed by atoms with Gasteiger partial charge in [0.2, 0.25) is 0 Å². The van der Waals surface area contributed by atoms with Crippen molar-refractivity contribution < 1.29 is 21.6 Å². The maximum Gasteiger partial charge on any atom is 0.402 e. The number of alkyl halides is 3. The smallest absolute Gasteiger partial charge is 0.329 e. The SMILES string of the molecule is CCCC(CN)NS(=O)(=O)NCC(F)(F)F. The minimum atomic E-state index is -4.57.